The Balaban J connectivity index is 2.45. The van der Waals surface area contributed by atoms with E-state index in [0.717, 1.165) is 19.4 Å². The number of rotatable bonds is 2. The third-order valence-electron chi connectivity index (χ3n) is 2.53. The predicted molar refractivity (Wildman–Crippen MR) is 41.9 cm³/mol. The maximum Gasteiger partial charge on any atom is 0.0769 e. The molecule has 2 N–H and O–H groups in total. The molecule has 0 spiro atoms. The Hall–Kier alpha value is -0.0800. The zero-order valence-corrected chi connectivity index (χ0v) is 6.85. The van der Waals surface area contributed by atoms with Gasteiger partial charge in [0.2, 0.25) is 0 Å². The minimum absolute atomic E-state index is 0.331. The molecule has 2 heteroatoms. The van der Waals surface area contributed by atoms with Crippen LogP contribution in [0.3, 0.4) is 0 Å². The van der Waals surface area contributed by atoms with Gasteiger partial charge >= 0.3 is 0 Å². The SMILES string of the molecule is CC[C@@](C)(O)[C@@H]1CCCN1. The molecule has 0 bridgehead atoms. The first-order valence-electron chi connectivity index (χ1n) is 4.12. The molecule has 0 radical (unpaired) electrons. The van der Waals surface area contributed by atoms with Gasteiger partial charge in [0.05, 0.1) is 5.60 Å². The van der Waals surface area contributed by atoms with Gasteiger partial charge in [-0.15, -0.1) is 0 Å². The summed E-state index contributed by atoms with van der Waals surface area (Å²) in [6.45, 7) is 5.01. The second kappa shape index (κ2) is 2.89. The van der Waals surface area contributed by atoms with Crippen molar-refractivity contribution in [1.82, 2.24) is 5.32 Å². The number of hydrogen-bond acceptors (Lipinski definition) is 2. The van der Waals surface area contributed by atoms with Crippen LogP contribution in [0.1, 0.15) is 33.1 Å². The second-order valence-electron chi connectivity index (χ2n) is 3.36. The number of hydrogen-bond donors (Lipinski definition) is 2. The van der Waals surface area contributed by atoms with Gasteiger partial charge in [-0.25, -0.2) is 0 Å². The molecule has 0 aromatic rings. The summed E-state index contributed by atoms with van der Waals surface area (Å²) in [4.78, 5) is 0. The van der Waals surface area contributed by atoms with Crippen LogP contribution in [0, 0.1) is 0 Å². The van der Waals surface area contributed by atoms with Crippen LogP contribution in [0.5, 0.6) is 0 Å². The molecule has 2 atom stereocenters. The molecule has 2 nitrogen and oxygen atoms in total. The van der Waals surface area contributed by atoms with E-state index in [9.17, 15) is 5.11 Å². The van der Waals surface area contributed by atoms with Crippen LogP contribution in [0.4, 0.5) is 0 Å². The van der Waals surface area contributed by atoms with Crippen molar-refractivity contribution >= 4 is 0 Å². The van der Waals surface area contributed by atoms with Crippen LogP contribution in [0.15, 0.2) is 0 Å². The molecule has 1 heterocycles. The summed E-state index contributed by atoms with van der Waals surface area (Å²) in [5.41, 5.74) is -0.490. The van der Waals surface area contributed by atoms with E-state index in [1.54, 1.807) is 0 Å². The fourth-order valence-corrected chi connectivity index (χ4v) is 1.46. The summed E-state index contributed by atoms with van der Waals surface area (Å²) in [7, 11) is 0. The van der Waals surface area contributed by atoms with Gasteiger partial charge in [-0.1, -0.05) is 6.92 Å². The molecular formula is C8H17NO. The average Bonchev–Trinajstić information content (AvgIpc) is 2.38. The van der Waals surface area contributed by atoms with Gasteiger partial charge in [-0.2, -0.15) is 0 Å². The fraction of sp³-hybridized carbons (Fsp3) is 1.00. The van der Waals surface area contributed by atoms with E-state index in [2.05, 4.69) is 5.32 Å². The summed E-state index contributed by atoms with van der Waals surface area (Å²) in [6.07, 6.45) is 3.17. The monoisotopic (exact) mass is 143 g/mol. The first-order valence-corrected chi connectivity index (χ1v) is 4.12. The van der Waals surface area contributed by atoms with Crippen molar-refractivity contribution in [3.63, 3.8) is 0 Å². The molecule has 0 saturated carbocycles. The Morgan fingerprint density at radius 2 is 2.40 bits per heavy atom. The molecule has 10 heavy (non-hydrogen) atoms. The smallest absolute Gasteiger partial charge is 0.0769 e. The molecule has 1 fully saturated rings. The molecule has 0 unspecified atom stereocenters. The van der Waals surface area contributed by atoms with Gasteiger partial charge in [-0.05, 0) is 32.7 Å². The highest BCUT2D eigenvalue weighted by Crippen LogP contribution is 2.21. The van der Waals surface area contributed by atoms with Gasteiger partial charge < -0.3 is 10.4 Å². The standard InChI is InChI=1S/C8H17NO/c1-3-8(2,10)7-5-4-6-9-7/h7,9-10H,3-6H2,1-2H3/t7-,8+/m0/s1. The second-order valence-corrected chi connectivity index (χ2v) is 3.36. The van der Waals surface area contributed by atoms with Gasteiger partial charge in [0.1, 0.15) is 0 Å². The third-order valence-corrected chi connectivity index (χ3v) is 2.53. The highest BCUT2D eigenvalue weighted by molar-refractivity contribution is 4.89. The van der Waals surface area contributed by atoms with Crippen LogP contribution in [0.2, 0.25) is 0 Å². The van der Waals surface area contributed by atoms with Gasteiger partial charge in [0.15, 0.2) is 0 Å². The van der Waals surface area contributed by atoms with Gasteiger partial charge in [0.25, 0.3) is 0 Å². The highest BCUT2D eigenvalue weighted by atomic mass is 16.3. The molecule has 0 amide bonds. The lowest BCUT2D eigenvalue weighted by Crippen LogP contribution is -2.44. The van der Waals surface area contributed by atoms with Gasteiger partial charge in [-0.3, -0.25) is 0 Å². The highest BCUT2D eigenvalue weighted by Gasteiger charge is 2.31. The largest absolute Gasteiger partial charge is 0.389 e. The third kappa shape index (κ3) is 1.50. The zero-order valence-electron chi connectivity index (χ0n) is 6.85. The first-order chi connectivity index (χ1) is 4.67. The Morgan fingerprint density at radius 3 is 2.80 bits per heavy atom. The maximum absolute atomic E-state index is 9.76. The summed E-state index contributed by atoms with van der Waals surface area (Å²) < 4.78 is 0. The molecule has 1 aliphatic heterocycles. The summed E-state index contributed by atoms with van der Waals surface area (Å²) >= 11 is 0. The van der Waals surface area contributed by atoms with Gasteiger partial charge in [0, 0.05) is 6.04 Å². The van der Waals surface area contributed by atoms with E-state index in [1.807, 2.05) is 13.8 Å². The topological polar surface area (TPSA) is 32.3 Å². The average molecular weight is 143 g/mol. The maximum atomic E-state index is 9.76. The minimum Gasteiger partial charge on any atom is -0.389 e. The predicted octanol–water partition coefficient (Wildman–Crippen LogP) is 0.899. The summed E-state index contributed by atoms with van der Waals surface area (Å²) in [5.74, 6) is 0. The molecule has 0 aliphatic carbocycles. The van der Waals surface area contributed by atoms with E-state index in [4.69, 9.17) is 0 Å². The van der Waals surface area contributed by atoms with Crippen molar-refractivity contribution < 1.29 is 5.11 Å². The van der Waals surface area contributed by atoms with Crippen molar-refractivity contribution in [2.75, 3.05) is 6.54 Å². The molecule has 60 valence electrons. The Morgan fingerprint density at radius 1 is 1.70 bits per heavy atom. The van der Waals surface area contributed by atoms with Crippen LogP contribution < -0.4 is 5.32 Å². The molecular weight excluding hydrogens is 126 g/mol. The minimum atomic E-state index is -0.490. The lowest BCUT2D eigenvalue weighted by atomic mass is 9.93. The van der Waals surface area contributed by atoms with E-state index < -0.39 is 5.60 Å². The van der Waals surface area contributed by atoms with Crippen molar-refractivity contribution in [2.24, 2.45) is 0 Å². The number of nitrogens with one attached hydrogen (secondary N) is 1. The molecule has 1 rings (SSSR count). The first kappa shape index (κ1) is 8.02. The Labute approximate surface area is 62.6 Å². The van der Waals surface area contributed by atoms with Crippen molar-refractivity contribution in [3.05, 3.63) is 0 Å². The Kier molecular flexibility index (Phi) is 2.32. The van der Waals surface area contributed by atoms with Crippen LogP contribution in [-0.2, 0) is 0 Å². The molecule has 1 aliphatic rings. The lowest BCUT2D eigenvalue weighted by molar-refractivity contribution is 0.0222. The van der Waals surface area contributed by atoms with Crippen LogP contribution in [-0.4, -0.2) is 23.3 Å². The zero-order chi connectivity index (χ0) is 7.61. The normalized spacial score (nSPS) is 32.1. The molecule has 0 aromatic heterocycles. The molecule has 1 saturated heterocycles. The summed E-state index contributed by atoms with van der Waals surface area (Å²) in [5, 5.41) is 13.1. The van der Waals surface area contributed by atoms with E-state index in [-0.39, 0.29) is 0 Å². The van der Waals surface area contributed by atoms with E-state index >= 15 is 0 Å². The van der Waals surface area contributed by atoms with Crippen molar-refractivity contribution in [2.45, 2.75) is 44.8 Å². The quantitative estimate of drug-likeness (QED) is 0.602. The molecule has 0 aromatic carbocycles. The summed E-state index contributed by atoms with van der Waals surface area (Å²) in [6, 6.07) is 0.331. The fourth-order valence-electron chi connectivity index (χ4n) is 1.46. The van der Waals surface area contributed by atoms with Crippen LogP contribution in [0.25, 0.3) is 0 Å². The Bertz CT molecular complexity index is 106. The number of aliphatic hydroxyl groups is 1. The van der Waals surface area contributed by atoms with E-state index in [0.29, 0.717) is 6.04 Å². The lowest BCUT2D eigenvalue weighted by Gasteiger charge is -2.28. The van der Waals surface area contributed by atoms with E-state index in [1.165, 1.54) is 6.42 Å². The van der Waals surface area contributed by atoms with Crippen molar-refractivity contribution in [1.29, 1.82) is 0 Å². The van der Waals surface area contributed by atoms with Crippen molar-refractivity contribution in [3.8, 4) is 0 Å². The van der Waals surface area contributed by atoms with Crippen LogP contribution >= 0.6 is 0 Å².